The van der Waals surface area contributed by atoms with Crippen LogP contribution in [-0.4, -0.2) is 23.8 Å². The van der Waals surface area contributed by atoms with Crippen LogP contribution in [0.25, 0.3) is 0 Å². The number of carbonyl (C=O) groups excluding carboxylic acids is 2. The average Bonchev–Trinajstić information content (AvgIpc) is 2.70. The zero-order valence-corrected chi connectivity index (χ0v) is 12.7. The molecule has 1 aliphatic rings. The van der Waals surface area contributed by atoms with E-state index in [4.69, 9.17) is 11.6 Å². The Morgan fingerprint density at radius 1 is 1.18 bits per heavy atom. The zero-order chi connectivity index (χ0) is 15.9. The van der Waals surface area contributed by atoms with Gasteiger partial charge in [-0.15, -0.1) is 0 Å². The van der Waals surface area contributed by atoms with Crippen molar-refractivity contribution in [2.24, 2.45) is 0 Å². The Balaban J connectivity index is 2.00. The molecular formula is C17H14ClNO3. The fraction of sp³-hybridized carbons (Fsp3) is 0.176. The summed E-state index contributed by atoms with van der Waals surface area (Å²) in [7, 11) is 1.58. The molecule has 0 fully saturated rings. The molecule has 0 aromatic heterocycles. The van der Waals surface area contributed by atoms with Gasteiger partial charge in [0.2, 0.25) is 0 Å². The molecule has 22 heavy (non-hydrogen) atoms. The second kappa shape index (κ2) is 5.23. The molecule has 0 saturated carbocycles. The lowest BCUT2D eigenvalue weighted by molar-refractivity contribution is -0.135. The Morgan fingerprint density at radius 2 is 1.82 bits per heavy atom. The number of benzene rings is 2. The predicted octanol–water partition coefficient (Wildman–Crippen LogP) is 2.78. The topological polar surface area (TPSA) is 57.6 Å². The molecule has 112 valence electrons. The van der Waals surface area contributed by atoms with Crippen LogP contribution in [0.2, 0.25) is 5.02 Å². The highest BCUT2D eigenvalue weighted by Gasteiger charge is 2.49. The van der Waals surface area contributed by atoms with Crippen molar-refractivity contribution in [2.45, 2.75) is 12.0 Å². The van der Waals surface area contributed by atoms with Crippen molar-refractivity contribution in [3.63, 3.8) is 0 Å². The van der Waals surface area contributed by atoms with E-state index in [0.717, 1.165) is 0 Å². The minimum absolute atomic E-state index is 0.303. The number of Topliss-reactive ketones (excluding diaryl/α,β-unsaturated/α-hetero) is 1. The van der Waals surface area contributed by atoms with E-state index in [-0.39, 0.29) is 12.2 Å². The van der Waals surface area contributed by atoms with Crippen LogP contribution < -0.4 is 4.90 Å². The summed E-state index contributed by atoms with van der Waals surface area (Å²) in [6, 6.07) is 13.5. The number of nitrogens with zero attached hydrogens (tertiary/aromatic N) is 1. The van der Waals surface area contributed by atoms with Crippen molar-refractivity contribution in [1.82, 2.24) is 0 Å². The van der Waals surface area contributed by atoms with Crippen LogP contribution in [0.5, 0.6) is 0 Å². The highest BCUT2D eigenvalue weighted by atomic mass is 35.5. The fourth-order valence-electron chi connectivity index (χ4n) is 2.80. The van der Waals surface area contributed by atoms with Crippen molar-refractivity contribution >= 4 is 29.0 Å². The van der Waals surface area contributed by atoms with E-state index >= 15 is 0 Å². The molecule has 0 bridgehead atoms. The van der Waals surface area contributed by atoms with Crippen LogP contribution in [0.3, 0.4) is 0 Å². The van der Waals surface area contributed by atoms with E-state index in [2.05, 4.69) is 0 Å². The van der Waals surface area contributed by atoms with Gasteiger partial charge in [0.05, 0.1) is 17.1 Å². The molecule has 2 aromatic rings. The van der Waals surface area contributed by atoms with Crippen molar-refractivity contribution < 1.29 is 14.7 Å². The summed E-state index contributed by atoms with van der Waals surface area (Å²) < 4.78 is 0. The molecule has 0 radical (unpaired) electrons. The Morgan fingerprint density at radius 3 is 2.55 bits per heavy atom. The summed E-state index contributed by atoms with van der Waals surface area (Å²) in [5, 5.41) is 11.2. The van der Waals surface area contributed by atoms with Gasteiger partial charge in [-0.2, -0.15) is 0 Å². The summed E-state index contributed by atoms with van der Waals surface area (Å²) in [5.41, 5.74) is -0.482. The number of carbonyl (C=O) groups is 2. The van der Waals surface area contributed by atoms with Crippen molar-refractivity contribution in [3.8, 4) is 0 Å². The number of ketones is 1. The second-order valence-electron chi connectivity index (χ2n) is 5.32. The Hall–Kier alpha value is -2.17. The molecule has 0 aliphatic carbocycles. The predicted molar refractivity (Wildman–Crippen MR) is 84.1 cm³/mol. The molecular weight excluding hydrogens is 302 g/mol. The Labute approximate surface area is 132 Å². The number of rotatable bonds is 3. The van der Waals surface area contributed by atoms with Crippen LogP contribution in [0.4, 0.5) is 5.69 Å². The highest BCUT2D eigenvalue weighted by molar-refractivity contribution is 6.34. The van der Waals surface area contributed by atoms with Gasteiger partial charge >= 0.3 is 0 Å². The van der Waals surface area contributed by atoms with Gasteiger partial charge in [-0.25, -0.2) is 0 Å². The second-order valence-corrected chi connectivity index (χ2v) is 5.73. The number of hydrogen-bond donors (Lipinski definition) is 1. The highest BCUT2D eigenvalue weighted by Crippen LogP contribution is 2.42. The van der Waals surface area contributed by atoms with Gasteiger partial charge in [-0.3, -0.25) is 9.59 Å². The minimum atomic E-state index is -1.85. The Bertz CT molecular complexity index is 774. The average molecular weight is 316 g/mol. The molecule has 1 amide bonds. The lowest BCUT2D eigenvalue weighted by Gasteiger charge is -2.21. The first-order valence-electron chi connectivity index (χ1n) is 6.83. The number of halogens is 1. The van der Waals surface area contributed by atoms with Gasteiger partial charge in [0, 0.05) is 18.2 Å². The number of aliphatic hydroxyl groups is 1. The molecule has 5 heteroatoms. The SMILES string of the molecule is CN1C(=O)[C@](O)(CC(=O)c2ccccc2Cl)c2ccccc21. The first-order valence-corrected chi connectivity index (χ1v) is 7.21. The smallest absolute Gasteiger partial charge is 0.263 e. The van der Waals surface area contributed by atoms with E-state index < -0.39 is 11.5 Å². The maximum absolute atomic E-state index is 12.5. The molecule has 1 N–H and O–H groups in total. The largest absolute Gasteiger partial charge is 0.375 e. The van der Waals surface area contributed by atoms with Gasteiger partial charge in [0.1, 0.15) is 0 Å². The molecule has 3 rings (SSSR count). The molecule has 4 nitrogen and oxygen atoms in total. The van der Waals surface area contributed by atoms with Gasteiger partial charge in [-0.1, -0.05) is 41.9 Å². The summed E-state index contributed by atoms with van der Waals surface area (Å²) in [5.74, 6) is -0.874. The van der Waals surface area contributed by atoms with Gasteiger partial charge in [0.25, 0.3) is 5.91 Å². The zero-order valence-electron chi connectivity index (χ0n) is 11.9. The molecule has 0 saturated heterocycles. The number of anilines is 1. The quantitative estimate of drug-likeness (QED) is 0.886. The molecule has 1 atom stereocenters. The van der Waals surface area contributed by atoms with E-state index in [0.29, 0.717) is 21.8 Å². The molecule has 1 heterocycles. The fourth-order valence-corrected chi connectivity index (χ4v) is 3.04. The normalized spacial score (nSPS) is 20.1. The molecule has 0 unspecified atom stereocenters. The summed E-state index contributed by atoms with van der Waals surface area (Å²) in [4.78, 5) is 26.3. The van der Waals surface area contributed by atoms with Crippen LogP contribution in [0, 0.1) is 0 Å². The molecule has 2 aromatic carbocycles. The number of likely N-dealkylation sites (N-methyl/N-ethyl adjacent to an activating group) is 1. The third kappa shape index (κ3) is 2.12. The van der Waals surface area contributed by atoms with Gasteiger partial charge < -0.3 is 10.0 Å². The third-order valence-electron chi connectivity index (χ3n) is 3.96. The van der Waals surface area contributed by atoms with E-state index in [9.17, 15) is 14.7 Å². The van der Waals surface area contributed by atoms with Gasteiger partial charge in [0.15, 0.2) is 11.4 Å². The van der Waals surface area contributed by atoms with Crippen molar-refractivity contribution in [1.29, 1.82) is 0 Å². The lowest BCUT2D eigenvalue weighted by Crippen LogP contribution is -2.40. The monoisotopic (exact) mass is 315 g/mol. The maximum Gasteiger partial charge on any atom is 0.263 e. The summed E-state index contributed by atoms with van der Waals surface area (Å²) in [6.07, 6.45) is -0.336. The number of hydrogen-bond acceptors (Lipinski definition) is 3. The first kappa shape index (κ1) is 14.8. The van der Waals surface area contributed by atoms with Gasteiger partial charge in [-0.05, 0) is 18.2 Å². The van der Waals surface area contributed by atoms with Crippen LogP contribution >= 0.6 is 11.6 Å². The number of fused-ring (bicyclic) bond motifs is 1. The van der Waals surface area contributed by atoms with E-state index in [1.54, 1.807) is 55.6 Å². The maximum atomic E-state index is 12.5. The third-order valence-corrected chi connectivity index (χ3v) is 4.29. The number of para-hydroxylation sites is 1. The van der Waals surface area contributed by atoms with Crippen molar-refractivity contribution in [2.75, 3.05) is 11.9 Å². The van der Waals surface area contributed by atoms with E-state index in [1.165, 1.54) is 4.90 Å². The lowest BCUT2D eigenvalue weighted by atomic mass is 9.88. The standard InChI is InChI=1S/C17H14ClNO3/c1-19-14-9-5-3-7-12(14)17(22,16(19)21)10-15(20)11-6-2-4-8-13(11)18/h2-9,22H,10H2,1H3/t17-/m0/s1. The van der Waals surface area contributed by atoms with Crippen molar-refractivity contribution in [3.05, 3.63) is 64.7 Å². The number of amides is 1. The molecule has 0 spiro atoms. The summed E-state index contributed by atoms with van der Waals surface area (Å²) in [6.45, 7) is 0. The Kier molecular flexibility index (Phi) is 3.51. The first-order chi connectivity index (χ1) is 10.4. The van der Waals surface area contributed by atoms with E-state index in [1.807, 2.05) is 0 Å². The van der Waals surface area contributed by atoms with Crippen LogP contribution in [-0.2, 0) is 10.4 Å². The molecule has 1 aliphatic heterocycles. The summed E-state index contributed by atoms with van der Waals surface area (Å²) >= 11 is 6.02. The minimum Gasteiger partial charge on any atom is -0.375 e. The van der Waals surface area contributed by atoms with Crippen LogP contribution in [0.15, 0.2) is 48.5 Å². The van der Waals surface area contributed by atoms with Crippen LogP contribution in [0.1, 0.15) is 22.3 Å².